The first kappa shape index (κ1) is 15.1. The van der Waals surface area contributed by atoms with Gasteiger partial charge < -0.3 is 10.1 Å². The molecule has 0 saturated carbocycles. The molecule has 0 heterocycles. The molecule has 1 atom stereocenters. The number of nitrogens with one attached hydrogen (secondary N) is 1. The van der Waals surface area contributed by atoms with E-state index >= 15 is 0 Å². The summed E-state index contributed by atoms with van der Waals surface area (Å²) in [5.74, 6) is -1.21. The van der Waals surface area contributed by atoms with Crippen molar-refractivity contribution in [3.05, 3.63) is 38.3 Å². The Kier molecular flexibility index (Phi) is 4.99. The molecule has 0 aliphatic heterocycles. The number of amides is 1. The van der Waals surface area contributed by atoms with Gasteiger partial charge >= 0.3 is 5.97 Å². The van der Waals surface area contributed by atoms with Crippen molar-refractivity contribution in [3.63, 3.8) is 0 Å². The summed E-state index contributed by atoms with van der Waals surface area (Å²) in [5, 5.41) is 13.0. The summed E-state index contributed by atoms with van der Waals surface area (Å²) in [6.07, 6.45) is 0. The third kappa shape index (κ3) is 3.75. The lowest BCUT2D eigenvalue weighted by Crippen LogP contribution is -2.39. The number of non-ortho nitro benzene ring substituents is 1. The number of carbonyl (C=O) groups excluding carboxylic acids is 2. The first-order valence-corrected chi connectivity index (χ1v) is 5.98. The summed E-state index contributed by atoms with van der Waals surface area (Å²) in [5.41, 5.74) is -0.135. The van der Waals surface area contributed by atoms with Crippen molar-refractivity contribution >= 4 is 33.5 Å². The lowest BCUT2D eigenvalue weighted by atomic mass is 10.2. The summed E-state index contributed by atoms with van der Waals surface area (Å²) in [4.78, 5) is 33.1. The molecule has 1 aromatic rings. The van der Waals surface area contributed by atoms with E-state index in [2.05, 4.69) is 26.0 Å². The van der Waals surface area contributed by atoms with Gasteiger partial charge in [0.1, 0.15) is 6.04 Å². The second kappa shape index (κ2) is 6.28. The predicted octanol–water partition coefficient (Wildman–Crippen LogP) is 1.65. The quantitative estimate of drug-likeness (QED) is 0.514. The molecule has 102 valence electrons. The number of esters is 1. The Hall–Kier alpha value is -1.96. The van der Waals surface area contributed by atoms with Gasteiger partial charge in [0.15, 0.2) is 0 Å². The van der Waals surface area contributed by atoms with E-state index in [1.54, 1.807) is 0 Å². The van der Waals surface area contributed by atoms with Crippen LogP contribution >= 0.6 is 15.9 Å². The molecule has 0 saturated heterocycles. The largest absolute Gasteiger partial charge is 0.467 e. The van der Waals surface area contributed by atoms with E-state index in [0.717, 1.165) is 6.07 Å². The minimum atomic E-state index is -0.844. The Morgan fingerprint density at radius 2 is 2.11 bits per heavy atom. The number of halogens is 1. The highest BCUT2D eigenvalue weighted by Gasteiger charge is 2.20. The van der Waals surface area contributed by atoms with Gasteiger partial charge in [-0.05, 0) is 28.9 Å². The molecule has 0 radical (unpaired) electrons. The Balaban J connectivity index is 2.96. The van der Waals surface area contributed by atoms with Gasteiger partial charge in [0.2, 0.25) is 0 Å². The first-order chi connectivity index (χ1) is 8.86. The van der Waals surface area contributed by atoms with E-state index in [9.17, 15) is 19.7 Å². The molecule has 1 rings (SSSR count). The number of nitrogens with zero attached hydrogens (tertiary/aromatic N) is 1. The Morgan fingerprint density at radius 3 is 2.63 bits per heavy atom. The molecular formula is C11H11BrN2O5. The maximum absolute atomic E-state index is 11.9. The van der Waals surface area contributed by atoms with Gasteiger partial charge in [0.25, 0.3) is 11.6 Å². The molecule has 0 aliphatic rings. The molecule has 0 fully saturated rings. The molecule has 0 aliphatic carbocycles. The van der Waals surface area contributed by atoms with Gasteiger partial charge in [0.05, 0.1) is 17.6 Å². The van der Waals surface area contributed by atoms with Gasteiger partial charge in [-0.15, -0.1) is 0 Å². The number of ether oxygens (including phenoxy) is 1. The van der Waals surface area contributed by atoms with Crippen LogP contribution in [0.5, 0.6) is 0 Å². The van der Waals surface area contributed by atoms with E-state index in [4.69, 9.17) is 0 Å². The van der Waals surface area contributed by atoms with Gasteiger partial charge in [-0.25, -0.2) is 4.79 Å². The van der Waals surface area contributed by atoms with Crippen molar-refractivity contribution in [2.75, 3.05) is 7.11 Å². The fourth-order valence-electron chi connectivity index (χ4n) is 1.31. The highest BCUT2D eigenvalue weighted by atomic mass is 79.9. The van der Waals surface area contributed by atoms with Crippen LogP contribution in [0.15, 0.2) is 22.7 Å². The number of rotatable bonds is 4. The van der Waals surface area contributed by atoms with Crippen LogP contribution in [0.2, 0.25) is 0 Å². The van der Waals surface area contributed by atoms with E-state index in [1.165, 1.54) is 26.2 Å². The van der Waals surface area contributed by atoms with Gasteiger partial charge in [0, 0.05) is 16.6 Å². The number of hydrogen-bond donors (Lipinski definition) is 1. The Labute approximate surface area is 117 Å². The zero-order valence-electron chi connectivity index (χ0n) is 10.2. The number of benzene rings is 1. The minimum absolute atomic E-state index is 0.0740. The fourth-order valence-corrected chi connectivity index (χ4v) is 1.74. The molecule has 7 nitrogen and oxygen atoms in total. The smallest absolute Gasteiger partial charge is 0.328 e. The molecule has 0 bridgehead atoms. The third-order valence-corrected chi connectivity index (χ3v) is 3.00. The lowest BCUT2D eigenvalue weighted by Gasteiger charge is -2.12. The summed E-state index contributed by atoms with van der Waals surface area (Å²) in [6, 6.07) is 2.95. The number of carbonyl (C=O) groups is 2. The van der Waals surface area contributed by atoms with Gasteiger partial charge in [-0.2, -0.15) is 0 Å². The van der Waals surface area contributed by atoms with Crippen molar-refractivity contribution < 1.29 is 19.2 Å². The SMILES string of the molecule is COC(=O)[C@H](C)NC(=O)c1cc([N+](=O)[O-])ccc1Br. The van der Waals surface area contributed by atoms with Crippen LogP contribution in [0.3, 0.4) is 0 Å². The molecule has 0 unspecified atom stereocenters. The minimum Gasteiger partial charge on any atom is -0.467 e. The van der Waals surface area contributed by atoms with Crippen molar-refractivity contribution in [2.24, 2.45) is 0 Å². The molecular weight excluding hydrogens is 320 g/mol. The molecule has 1 aromatic carbocycles. The highest BCUT2D eigenvalue weighted by molar-refractivity contribution is 9.10. The van der Waals surface area contributed by atoms with Crippen molar-refractivity contribution in [1.82, 2.24) is 5.32 Å². The summed E-state index contributed by atoms with van der Waals surface area (Å²) in [6.45, 7) is 1.45. The second-order valence-electron chi connectivity index (χ2n) is 3.64. The third-order valence-electron chi connectivity index (χ3n) is 2.31. The highest BCUT2D eigenvalue weighted by Crippen LogP contribution is 2.22. The Bertz CT molecular complexity index is 532. The molecule has 8 heteroatoms. The van der Waals surface area contributed by atoms with E-state index in [1.807, 2.05) is 0 Å². The zero-order valence-corrected chi connectivity index (χ0v) is 11.8. The van der Waals surface area contributed by atoms with Gasteiger partial charge in [-0.1, -0.05) is 0 Å². The summed E-state index contributed by atoms with van der Waals surface area (Å²) >= 11 is 3.12. The van der Waals surface area contributed by atoms with Crippen LogP contribution in [0.25, 0.3) is 0 Å². The number of methoxy groups -OCH3 is 1. The molecule has 1 N–H and O–H groups in total. The topological polar surface area (TPSA) is 98.5 Å². The average Bonchev–Trinajstić information content (AvgIpc) is 2.37. The summed E-state index contributed by atoms with van der Waals surface area (Å²) < 4.78 is 4.86. The average molecular weight is 331 g/mol. The van der Waals surface area contributed by atoms with E-state index in [-0.39, 0.29) is 11.3 Å². The molecule has 1 amide bonds. The standard InChI is InChI=1S/C11H11BrN2O5/c1-6(11(16)19-2)13-10(15)8-5-7(14(17)18)3-4-9(8)12/h3-6H,1-2H3,(H,13,15)/t6-/m0/s1. The normalized spacial score (nSPS) is 11.5. The molecule has 19 heavy (non-hydrogen) atoms. The van der Waals surface area contributed by atoms with Crippen molar-refractivity contribution in [2.45, 2.75) is 13.0 Å². The zero-order chi connectivity index (χ0) is 14.6. The van der Waals surface area contributed by atoms with Crippen LogP contribution in [0.4, 0.5) is 5.69 Å². The summed E-state index contributed by atoms with van der Waals surface area (Å²) in [7, 11) is 1.20. The van der Waals surface area contributed by atoms with Crippen LogP contribution in [0, 0.1) is 10.1 Å². The maximum atomic E-state index is 11.9. The van der Waals surface area contributed by atoms with Crippen LogP contribution in [-0.2, 0) is 9.53 Å². The van der Waals surface area contributed by atoms with Crippen molar-refractivity contribution in [3.8, 4) is 0 Å². The van der Waals surface area contributed by atoms with Crippen LogP contribution in [-0.4, -0.2) is 30.0 Å². The van der Waals surface area contributed by atoms with Crippen molar-refractivity contribution in [1.29, 1.82) is 0 Å². The van der Waals surface area contributed by atoms with E-state index in [0.29, 0.717) is 4.47 Å². The number of nitro groups is 1. The first-order valence-electron chi connectivity index (χ1n) is 5.19. The second-order valence-corrected chi connectivity index (χ2v) is 4.49. The lowest BCUT2D eigenvalue weighted by molar-refractivity contribution is -0.384. The van der Waals surface area contributed by atoms with E-state index < -0.39 is 22.8 Å². The van der Waals surface area contributed by atoms with Crippen LogP contribution in [0.1, 0.15) is 17.3 Å². The predicted molar refractivity (Wildman–Crippen MR) is 69.7 cm³/mol. The maximum Gasteiger partial charge on any atom is 0.328 e. The molecule has 0 spiro atoms. The Morgan fingerprint density at radius 1 is 1.47 bits per heavy atom. The van der Waals surface area contributed by atoms with Gasteiger partial charge in [-0.3, -0.25) is 14.9 Å². The number of nitro benzene ring substituents is 1. The molecule has 0 aromatic heterocycles. The monoisotopic (exact) mass is 330 g/mol. The fraction of sp³-hybridized carbons (Fsp3) is 0.273. The van der Waals surface area contributed by atoms with Crippen LogP contribution < -0.4 is 5.32 Å². The number of hydrogen-bond acceptors (Lipinski definition) is 5.